The van der Waals surface area contributed by atoms with Crippen LogP contribution in [0.4, 0.5) is 5.82 Å². The molecule has 1 heterocycles. The molecule has 7 nitrogen and oxygen atoms in total. The molecule has 7 heteroatoms. The van der Waals surface area contributed by atoms with Gasteiger partial charge >= 0.3 is 5.97 Å². The molecule has 0 radical (unpaired) electrons. The van der Waals surface area contributed by atoms with Crippen LogP contribution < -0.4 is 11.1 Å². The quantitative estimate of drug-likeness (QED) is 0.584. The van der Waals surface area contributed by atoms with E-state index in [2.05, 4.69) is 15.5 Å². The van der Waals surface area contributed by atoms with E-state index in [0.717, 1.165) is 11.3 Å². The van der Waals surface area contributed by atoms with E-state index in [9.17, 15) is 9.59 Å². The first-order valence-electron chi connectivity index (χ1n) is 5.21. The van der Waals surface area contributed by atoms with Gasteiger partial charge in [0, 0.05) is 17.7 Å². The van der Waals surface area contributed by atoms with E-state index in [-0.39, 0.29) is 12.8 Å². The smallest absolute Gasteiger partial charge is 0.303 e. The number of aliphatic carboxylic acids is 1. The summed E-state index contributed by atoms with van der Waals surface area (Å²) >= 11 is 0. The third-order valence-corrected chi connectivity index (χ3v) is 2.50. The van der Waals surface area contributed by atoms with E-state index < -0.39 is 17.9 Å². The minimum absolute atomic E-state index is 0.101. The third-order valence-electron chi connectivity index (χ3n) is 2.50. The number of nitrogens with zero attached hydrogens (tertiary/aromatic N) is 1. The molecule has 0 spiro atoms. The molecule has 1 aromatic rings. The number of carbonyl (C=O) groups excluding carboxylic acids is 1. The number of aryl methyl sites for hydroxylation is 1. The van der Waals surface area contributed by atoms with Crippen LogP contribution in [0.1, 0.15) is 24.1 Å². The SMILES string of the molecule is Cc1[nH]nc(NC(=O)C(N)CCC(=O)O)c1C. The van der Waals surface area contributed by atoms with Gasteiger partial charge in [0.2, 0.25) is 5.91 Å². The second-order valence-corrected chi connectivity index (χ2v) is 3.85. The summed E-state index contributed by atoms with van der Waals surface area (Å²) in [6.07, 6.45) is -0.0310. The van der Waals surface area contributed by atoms with Crippen LogP contribution >= 0.6 is 0 Å². The Kier molecular flexibility index (Phi) is 4.22. The van der Waals surface area contributed by atoms with Crippen molar-refractivity contribution in [2.45, 2.75) is 32.7 Å². The van der Waals surface area contributed by atoms with E-state index in [1.165, 1.54) is 0 Å². The summed E-state index contributed by atoms with van der Waals surface area (Å²) in [6, 6.07) is -0.845. The van der Waals surface area contributed by atoms with Gasteiger partial charge in [-0.2, -0.15) is 5.10 Å². The predicted octanol–water partition coefficient (Wildman–Crippen LogP) is 0.157. The topological polar surface area (TPSA) is 121 Å². The van der Waals surface area contributed by atoms with Crippen molar-refractivity contribution in [3.05, 3.63) is 11.3 Å². The van der Waals surface area contributed by atoms with E-state index in [1.54, 1.807) is 0 Å². The van der Waals surface area contributed by atoms with Gasteiger partial charge in [-0.1, -0.05) is 0 Å². The Labute approximate surface area is 98.4 Å². The Balaban J connectivity index is 2.54. The van der Waals surface area contributed by atoms with Gasteiger partial charge in [-0.15, -0.1) is 0 Å². The van der Waals surface area contributed by atoms with Gasteiger partial charge in [-0.25, -0.2) is 0 Å². The molecular weight excluding hydrogens is 224 g/mol. The molecule has 94 valence electrons. The first-order chi connectivity index (χ1) is 7.91. The van der Waals surface area contributed by atoms with Crippen LogP contribution in [0.2, 0.25) is 0 Å². The van der Waals surface area contributed by atoms with Crippen LogP contribution in [-0.4, -0.2) is 33.2 Å². The molecule has 1 aromatic heterocycles. The van der Waals surface area contributed by atoms with Crippen molar-refractivity contribution >= 4 is 17.7 Å². The lowest BCUT2D eigenvalue weighted by Gasteiger charge is -2.09. The van der Waals surface area contributed by atoms with Crippen LogP contribution in [0.25, 0.3) is 0 Å². The number of H-pyrrole nitrogens is 1. The Morgan fingerprint density at radius 1 is 1.53 bits per heavy atom. The third kappa shape index (κ3) is 3.56. The van der Waals surface area contributed by atoms with Crippen molar-refractivity contribution in [2.24, 2.45) is 5.73 Å². The maximum absolute atomic E-state index is 11.6. The number of aromatic amines is 1. The summed E-state index contributed by atoms with van der Waals surface area (Å²) in [7, 11) is 0. The average molecular weight is 240 g/mol. The molecule has 5 N–H and O–H groups in total. The second-order valence-electron chi connectivity index (χ2n) is 3.85. The summed E-state index contributed by atoms with van der Waals surface area (Å²) in [5.74, 6) is -0.973. The molecule has 0 fully saturated rings. The molecule has 1 rings (SSSR count). The summed E-state index contributed by atoms with van der Waals surface area (Å²) in [4.78, 5) is 21.9. The molecular formula is C10H16N4O3. The summed E-state index contributed by atoms with van der Waals surface area (Å²) < 4.78 is 0. The molecule has 1 unspecified atom stereocenters. The number of amides is 1. The highest BCUT2D eigenvalue weighted by Crippen LogP contribution is 2.14. The van der Waals surface area contributed by atoms with Crippen molar-refractivity contribution < 1.29 is 14.7 Å². The molecule has 0 saturated carbocycles. The van der Waals surface area contributed by atoms with Crippen molar-refractivity contribution in [1.29, 1.82) is 0 Å². The minimum Gasteiger partial charge on any atom is -0.481 e. The van der Waals surface area contributed by atoms with Crippen LogP contribution in [0.3, 0.4) is 0 Å². The highest BCUT2D eigenvalue weighted by atomic mass is 16.4. The number of hydrogen-bond donors (Lipinski definition) is 4. The molecule has 0 aliphatic heterocycles. The Morgan fingerprint density at radius 3 is 2.65 bits per heavy atom. The maximum Gasteiger partial charge on any atom is 0.303 e. The van der Waals surface area contributed by atoms with E-state index >= 15 is 0 Å². The molecule has 0 bridgehead atoms. The molecule has 0 aliphatic rings. The van der Waals surface area contributed by atoms with Gasteiger partial charge in [0.15, 0.2) is 5.82 Å². The summed E-state index contributed by atoms with van der Waals surface area (Å²) in [6.45, 7) is 3.65. The lowest BCUT2D eigenvalue weighted by Crippen LogP contribution is -2.36. The predicted molar refractivity (Wildman–Crippen MR) is 61.5 cm³/mol. The molecule has 1 amide bonds. The fraction of sp³-hybridized carbons (Fsp3) is 0.500. The van der Waals surface area contributed by atoms with Gasteiger partial charge < -0.3 is 16.2 Å². The molecule has 1 atom stereocenters. The van der Waals surface area contributed by atoms with Crippen molar-refractivity contribution in [3.8, 4) is 0 Å². The van der Waals surface area contributed by atoms with Crippen molar-refractivity contribution in [3.63, 3.8) is 0 Å². The largest absolute Gasteiger partial charge is 0.481 e. The second kappa shape index (κ2) is 5.44. The summed E-state index contributed by atoms with van der Waals surface area (Å²) in [5.41, 5.74) is 7.25. The van der Waals surface area contributed by atoms with E-state index in [1.807, 2.05) is 13.8 Å². The van der Waals surface area contributed by atoms with Crippen molar-refractivity contribution in [2.75, 3.05) is 5.32 Å². The standard InChI is InChI=1S/C10H16N4O3/c1-5-6(2)13-14-9(5)12-10(17)7(11)3-4-8(15)16/h7H,3-4,11H2,1-2H3,(H,15,16)(H2,12,13,14,17). The number of rotatable bonds is 5. The number of hydrogen-bond acceptors (Lipinski definition) is 4. The van der Waals surface area contributed by atoms with Crippen LogP contribution in [0.5, 0.6) is 0 Å². The number of nitrogens with one attached hydrogen (secondary N) is 2. The van der Waals surface area contributed by atoms with E-state index in [0.29, 0.717) is 5.82 Å². The molecule has 0 aromatic carbocycles. The highest BCUT2D eigenvalue weighted by Gasteiger charge is 2.17. The van der Waals surface area contributed by atoms with Gasteiger partial charge in [0.25, 0.3) is 0 Å². The van der Waals surface area contributed by atoms with E-state index in [4.69, 9.17) is 10.8 Å². The summed E-state index contributed by atoms with van der Waals surface area (Å²) in [5, 5.41) is 17.7. The first-order valence-corrected chi connectivity index (χ1v) is 5.21. The average Bonchev–Trinajstić information content (AvgIpc) is 2.57. The zero-order valence-electron chi connectivity index (χ0n) is 9.78. The normalized spacial score (nSPS) is 12.2. The highest BCUT2D eigenvalue weighted by molar-refractivity contribution is 5.94. The first kappa shape index (κ1) is 13.2. The number of carboxylic acid groups (broad SMARTS) is 1. The molecule has 0 aliphatic carbocycles. The number of nitrogens with two attached hydrogens (primary N) is 1. The number of aromatic nitrogens is 2. The monoisotopic (exact) mass is 240 g/mol. The Morgan fingerprint density at radius 2 is 2.18 bits per heavy atom. The van der Waals surface area contributed by atoms with Gasteiger partial charge in [0.1, 0.15) is 0 Å². The van der Waals surface area contributed by atoms with Crippen molar-refractivity contribution in [1.82, 2.24) is 10.2 Å². The zero-order valence-corrected chi connectivity index (χ0v) is 9.78. The van der Waals surface area contributed by atoms with Gasteiger partial charge in [-0.3, -0.25) is 14.7 Å². The Hall–Kier alpha value is -1.89. The van der Waals surface area contributed by atoms with Gasteiger partial charge in [-0.05, 0) is 20.3 Å². The zero-order chi connectivity index (χ0) is 13.0. The lowest BCUT2D eigenvalue weighted by atomic mass is 10.1. The molecule has 0 saturated heterocycles. The van der Waals surface area contributed by atoms with Crippen LogP contribution in [0, 0.1) is 13.8 Å². The minimum atomic E-state index is -0.972. The lowest BCUT2D eigenvalue weighted by molar-refractivity contribution is -0.137. The number of anilines is 1. The van der Waals surface area contributed by atoms with Gasteiger partial charge in [0.05, 0.1) is 6.04 Å². The fourth-order valence-electron chi connectivity index (χ4n) is 1.23. The van der Waals surface area contributed by atoms with Crippen LogP contribution in [0.15, 0.2) is 0 Å². The maximum atomic E-state index is 11.6. The van der Waals surface area contributed by atoms with Crippen LogP contribution in [-0.2, 0) is 9.59 Å². The number of carboxylic acids is 1. The molecule has 17 heavy (non-hydrogen) atoms. The Bertz CT molecular complexity index is 427. The fourth-order valence-corrected chi connectivity index (χ4v) is 1.23. The number of carbonyl (C=O) groups is 2.